The summed E-state index contributed by atoms with van der Waals surface area (Å²) in [6.45, 7) is 1.52. The van der Waals surface area contributed by atoms with Gasteiger partial charge in [-0.1, -0.05) is 41.4 Å². The molecule has 40 heavy (non-hydrogen) atoms. The number of fused-ring (bicyclic) bond motifs is 1. The SMILES string of the molecule is CC1=C([C@H](O)CC/C(=C/c2ccc(O)cc2Cl)c2ccccn2)[C@H](CO)[C@@H]2C(=O)N(c3ccccc3)C(=O)[C@@H]2C1. The maximum atomic E-state index is 13.5. The zero-order valence-corrected chi connectivity index (χ0v) is 22.8. The Morgan fingerprint density at radius 1 is 1.10 bits per heavy atom. The van der Waals surface area contributed by atoms with Gasteiger partial charge in [0.25, 0.3) is 0 Å². The summed E-state index contributed by atoms with van der Waals surface area (Å²) in [5.41, 5.74) is 4.23. The van der Waals surface area contributed by atoms with Crippen LogP contribution in [0.25, 0.3) is 11.6 Å². The van der Waals surface area contributed by atoms with Gasteiger partial charge in [-0.25, -0.2) is 0 Å². The summed E-state index contributed by atoms with van der Waals surface area (Å²) in [7, 11) is 0. The van der Waals surface area contributed by atoms with Gasteiger partial charge < -0.3 is 15.3 Å². The second-order valence-electron chi connectivity index (χ2n) is 10.4. The van der Waals surface area contributed by atoms with E-state index in [1.54, 1.807) is 42.6 Å². The molecule has 4 atom stereocenters. The van der Waals surface area contributed by atoms with E-state index in [1.165, 1.54) is 11.0 Å². The number of aromatic nitrogens is 1. The molecule has 0 radical (unpaired) electrons. The van der Waals surface area contributed by atoms with E-state index in [9.17, 15) is 24.9 Å². The first-order chi connectivity index (χ1) is 19.3. The smallest absolute Gasteiger partial charge is 0.238 e. The summed E-state index contributed by atoms with van der Waals surface area (Å²) >= 11 is 6.36. The molecule has 0 unspecified atom stereocenters. The van der Waals surface area contributed by atoms with E-state index in [0.29, 0.717) is 41.1 Å². The molecule has 3 aromatic rings. The lowest BCUT2D eigenvalue weighted by Gasteiger charge is -2.35. The third-order valence-electron chi connectivity index (χ3n) is 7.89. The number of phenols is 1. The molecule has 2 heterocycles. The van der Waals surface area contributed by atoms with Crippen molar-refractivity contribution in [3.8, 4) is 5.75 Å². The normalized spacial score (nSPS) is 22.1. The van der Waals surface area contributed by atoms with Crippen LogP contribution in [0.5, 0.6) is 5.75 Å². The highest BCUT2D eigenvalue weighted by Crippen LogP contribution is 2.47. The average molecular weight is 559 g/mol. The maximum absolute atomic E-state index is 13.5. The minimum Gasteiger partial charge on any atom is -0.508 e. The van der Waals surface area contributed by atoms with Crippen molar-refractivity contribution in [2.45, 2.75) is 32.3 Å². The second-order valence-corrected chi connectivity index (χ2v) is 10.8. The zero-order valence-electron chi connectivity index (χ0n) is 22.1. The first kappa shape index (κ1) is 27.8. The zero-order chi connectivity index (χ0) is 28.4. The quantitative estimate of drug-likeness (QED) is 0.257. The predicted octanol–water partition coefficient (Wildman–Crippen LogP) is 5.26. The molecular formula is C32H31ClN2O5. The number of carbonyl (C=O) groups is 2. The summed E-state index contributed by atoms with van der Waals surface area (Å²) < 4.78 is 0. The van der Waals surface area contributed by atoms with Crippen molar-refractivity contribution in [2.75, 3.05) is 11.5 Å². The molecule has 2 aromatic carbocycles. The van der Waals surface area contributed by atoms with Gasteiger partial charge in [0.15, 0.2) is 0 Å². The molecule has 0 bridgehead atoms. The third kappa shape index (κ3) is 5.32. The average Bonchev–Trinajstić information content (AvgIpc) is 3.20. The Morgan fingerprint density at radius 3 is 2.52 bits per heavy atom. The number of carbonyl (C=O) groups excluding carboxylic acids is 2. The Morgan fingerprint density at radius 2 is 1.85 bits per heavy atom. The molecule has 2 amide bonds. The highest BCUT2D eigenvalue weighted by atomic mass is 35.5. The fourth-order valence-electron chi connectivity index (χ4n) is 6.04. The van der Waals surface area contributed by atoms with E-state index in [1.807, 2.05) is 37.3 Å². The Hall–Kier alpha value is -3.78. The Bertz CT molecular complexity index is 1470. The minimum atomic E-state index is -0.936. The lowest BCUT2D eigenvalue weighted by atomic mass is 9.68. The number of nitrogens with zero attached hydrogens (tertiary/aromatic N) is 2. The standard InChI is InChI=1S/C32H31ClN2O5/c1-19-15-24-30(32(40)35(31(24)39)22-7-3-2-4-8-22)25(18-36)29(19)28(38)13-11-21(27-9-5-6-14-34-27)16-20-10-12-23(37)17-26(20)33/h2-10,12,14,16-17,24-25,28,30,36-38H,11,13,15,18H2,1H3/b21-16-/t24-,25+,28-,30-/m1/s1. The summed E-state index contributed by atoms with van der Waals surface area (Å²) in [4.78, 5) is 32.6. The number of hydrogen-bond donors (Lipinski definition) is 3. The Labute approximate surface area is 238 Å². The van der Waals surface area contributed by atoms with Crippen LogP contribution in [-0.4, -0.2) is 44.8 Å². The van der Waals surface area contributed by atoms with Crippen molar-refractivity contribution < 1.29 is 24.9 Å². The van der Waals surface area contributed by atoms with E-state index in [4.69, 9.17) is 11.6 Å². The molecular weight excluding hydrogens is 528 g/mol. The second kappa shape index (κ2) is 11.8. The molecule has 3 N–H and O–H groups in total. The molecule has 5 rings (SSSR count). The van der Waals surface area contributed by atoms with E-state index < -0.39 is 23.9 Å². The number of anilines is 1. The fraction of sp³-hybridized carbons (Fsp3) is 0.281. The van der Waals surface area contributed by atoms with Gasteiger partial charge in [0.05, 0.1) is 41.0 Å². The number of benzene rings is 2. The molecule has 7 nitrogen and oxygen atoms in total. The fourth-order valence-corrected chi connectivity index (χ4v) is 6.27. The lowest BCUT2D eigenvalue weighted by Crippen LogP contribution is -2.38. The van der Waals surface area contributed by atoms with Crippen LogP contribution < -0.4 is 4.90 Å². The van der Waals surface area contributed by atoms with Gasteiger partial charge in [-0.05, 0) is 91.4 Å². The maximum Gasteiger partial charge on any atom is 0.238 e. The number of aliphatic hydroxyl groups excluding tert-OH is 2. The van der Waals surface area contributed by atoms with E-state index >= 15 is 0 Å². The molecule has 1 aliphatic carbocycles. The molecule has 206 valence electrons. The number of hydrogen-bond acceptors (Lipinski definition) is 6. The van der Waals surface area contributed by atoms with Crippen molar-refractivity contribution in [2.24, 2.45) is 17.8 Å². The molecule has 1 aliphatic heterocycles. The number of amides is 2. The molecule has 8 heteroatoms. The molecule has 1 aromatic heterocycles. The van der Waals surface area contributed by atoms with Crippen molar-refractivity contribution in [3.63, 3.8) is 0 Å². The lowest BCUT2D eigenvalue weighted by molar-refractivity contribution is -0.123. The van der Waals surface area contributed by atoms with E-state index in [2.05, 4.69) is 4.98 Å². The van der Waals surface area contributed by atoms with Crippen LogP contribution in [0.15, 0.2) is 84.1 Å². The van der Waals surface area contributed by atoms with E-state index in [-0.39, 0.29) is 24.2 Å². The number of para-hydroxylation sites is 1. The Kier molecular flexibility index (Phi) is 8.17. The molecule has 0 saturated carbocycles. The van der Waals surface area contributed by atoms with Crippen LogP contribution in [0.3, 0.4) is 0 Å². The van der Waals surface area contributed by atoms with Crippen molar-refractivity contribution >= 4 is 40.8 Å². The summed E-state index contributed by atoms with van der Waals surface area (Å²) in [6.07, 6.45) is 3.73. The number of aromatic hydroxyl groups is 1. The van der Waals surface area contributed by atoms with Gasteiger partial charge in [0.2, 0.25) is 11.8 Å². The van der Waals surface area contributed by atoms with Crippen LogP contribution in [0.4, 0.5) is 5.69 Å². The van der Waals surface area contributed by atoms with Gasteiger partial charge in [0, 0.05) is 12.1 Å². The summed E-state index contributed by atoms with van der Waals surface area (Å²) in [5.74, 6) is -2.50. The van der Waals surface area contributed by atoms with Crippen LogP contribution >= 0.6 is 11.6 Å². The van der Waals surface area contributed by atoms with Crippen molar-refractivity contribution in [1.82, 2.24) is 4.98 Å². The number of rotatable bonds is 8. The van der Waals surface area contributed by atoms with E-state index in [0.717, 1.165) is 16.8 Å². The summed E-state index contributed by atoms with van der Waals surface area (Å²) in [6, 6.07) is 19.1. The number of allylic oxidation sites excluding steroid dienone is 2. The van der Waals surface area contributed by atoms with Gasteiger partial charge >= 0.3 is 0 Å². The molecule has 1 saturated heterocycles. The third-order valence-corrected chi connectivity index (χ3v) is 8.22. The monoisotopic (exact) mass is 558 g/mol. The highest BCUT2D eigenvalue weighted by Gasteiger charge is 2.54. The molecule has 2 aliphatic rings. The van der Waals surface area contributed by atoms with Crippen LogP contribution in [0.2, 0.25) is 5.02 Å². The van der Waals surface area contributed by atoms with Gasteiger partial charge in [0.1, 0.15) is 5.75 Å². The first-order valence-electron chi connectivity index (χ1n) is 13.3. The number of phenolic OH excluding ortho intramolecular Hbond substituents is 1. The number of aliphatic hydroxyl groups is 2. The minimum absolute atomic E-state index is 0.0655. The summed E-state index contributed by atoms with van der Waals surface area (Å²) in [5, 5.41) is 32.1. The van der Waals surface area contributed by atoms with Crippen molar-refractivity contribution in [3.05, 3.63) is 100 Å². The highest BCUT2D eigenvalue weighted by molar-refractivity contribution is 6.32. The first-order valence-corrected chi connectivity index (χ1v) is 13.7. The molecule has 0 spiro atoms. The topological polar surface area (TPSA) is 111 Å². The van der Waals surface area contributed by atoms with Gasteiger partial charge in [-0.2, -0.15) is 0 Å². The predicted molar refractivity (Wildman–Crippen MR) is 154 cm³/mol. The number of pyridine rings is 1. The largest absolute Gasteiger partial charge is 0.508 e. The van der Waals surface area contributed by atoms with Crippen LogP contribution in [0.1, 0.15) is 37.4 Å². The van der Waals surface area contributed by atoms with Gasteiger partial charge in [-0.3, -0.25) is 19.5 Å². The number of halogens is 1. The van der Waals surface area contributed by atoms with Crippen molar-refractivity contribution in [1.29, 1.82) is 0 Å². The Balaban J connectivity index is 1.41. The molecule has 1 fully saturated rings. The van der Waals surface area contributed by atoms with Crippen LogP contribution in [-0.2, 0) is 9.59 Å². The van der Waals surface area contributed by atoms with Crippen LogP contribution in [0, 0.1) is 17.8 Å². The van der Waals surface area contributed by atoms with Gasteiger partial charge in [-0.15, -0.1) is 0 Å². The number of imide groups is 1.